The predicted octanol–water partition coefficient (Wildman–Crippen LogP) is 1.97. The molecule has 0 amide bonds. The molecule has 0 fully saturated rings. The molecule has 1 rings (SSSR count). The van der Waals surface area contributed by atoms with E-state index in [1.807, 2.05) is 26.0 Å². The highest BCUT2D eigenvalue weighted by molar-refractivity contribution is 5.27. The summed E-state index contributed by atoms with van der Waals surface area (Å²) in [6.07, 6.45) is 0.923. The molecule has 0 aliphatic carbocycles. The zero-order chi connectivity index (χ0) is 9.68. The number of ether oxygens (including phenoxy) is 1. The summed E-state index contributed by atoms with van der Waals surface area (Å²) in [7, 11) is 0. The molecule has 0 aliphatic heterocycles. The molecular weight excluding hydrogens is 162 g/mol. The zero-order valence-corrected chi connectivity index (χ0v) is 8.29. The standard InChI is InChI=1S/C11H17NO/c1-3-13-11-6-4-10(5-7-11)8-9(2)12/h4-7,9H,3,8,12H2,1-2H3/t9-/m1/s1. The second kappa shape index (κ2) is 4.87. The van der Waals surface area contributed by atoms with Gasteiger partial charge in [-0.2, -0.15) is 0 Å². The summed E-state index contributed by atoms with van der Waals surface area (Å²) >= 11 is 0. The molecule has 0 saturated heterocycles. The van der Waals surface area contributed by atoms with Crippen molar-refractivity contribution >= 4 is 0 Å². The monoisotopic (exact) mass is 179 g/mol. The molecule has 0 unspecified atom stereocenters. The van der Waals surface area contributed by atoms with Gasteiger partial charge in [-0.15, -0.1) is 0 Å². The fourth-order valence-corrected chi connectivity index (χ4v) is 1.26. The molecule has 1 atom stereocenters. The minimum atomic E-state index is 0.220. The molecule has 72 valence electrons. The molecule has 2 heteroatoms. The molecule has 2 nitrogen and oxygen atoms in total. The lowest BCUT2D eigenvalue weighted by Gasteiger charge is -2.06. The van der Waals surface area contributed by atoms with Gasteiger partial charge in [0.15, 0.2) is 0 Å². The fourth-order valence-electron chi connectivity index (χ4n) is 1.26. The van der Waals surface area contributed by atoms with Crippen molar-refractivity contribution in [3.63, 3.8) is 0 Å². The molecule has 0 aliphatic rings. The highest BCUT2D eigenvalue weighted by atomic mass is 16.5. The Balaban J connectivity index is 2.59. The minimum absolute atomic E-state index is 0.220. The summed E-state index contributed by atoms with van der Waals surface area (Å²) in [5, 5.41) is 0. The third-order valence-electron chi connectivity index (χ3n) is 1.79. The van der Waals surface area contributed by atoms with Gasteiger partial charge in [-0.05, 0) is 38.0 Å². The maximum absolute atomic E-state index is 5.69. The van der Waals surface area contributed by atoms with Gasteiger partial charge in [0.1, 0.15) is 5.75 Å². The van der Waals surface area contributed by atoms with Crippen LogP contribution in [-0.4, -0.2) is 12.6 Å². The Bertz CT molecular complexity index is 241. The Kier molecular flexibility index (Phi) is 3.77. The van der Waals surface area contributed by atoms with Crippen LogP contribution in [0, 0.1) is 0 Å². The first-order chi connectivity index (χ1) is 6.22. The van der Waals surface area contributed by atoms with E-state index in [4.69, 9.17) is 10.5 Å². The average molecular weight is 179 g/mol. The van der Waals surface area contributed by atoms with Crippen LogP contribution in [0.5, 0.6) is 5.75 Å². The van der Waals surface area contributed by atoms with E-state index in [1.54, 1.807) is 0 Å². The molecule has 0 aromatic heterocycles. The van der Waals surface area contributed by atoms with Crippen molar-refractivity contribution in [1.82, 2.24) is 0 Å². The molecule has 0 heterocycles. The van der Waals surface area contributed by atoms with E-state index in [2.05, 4.69) is 12.1 Å². The second-order valence-corrected chi connectivity index (χ2v) is 3.26. The van der Waals surface area contributed by atoms with Crippen LogP contribution >= 0.6 is 0 Å². The Labute approximate surface area is 79.7 Å². The number of benzene rings is 1. The summed E-state index contributed by atoms with van der Waals surface area (Å²) in [5.41, 5.74) is 6.95. The molecule has 0 radical (unpaired) electrons. The molecule has 0 saturated carbocycles. The normalized spacial score (nSPS) is 12.5. The third kappa shape index (κ3) is 3.47. The van der Waals surface area contributed by atoms with E-state index in [-0.39, 0.29) is 6.04 Å². The van der Waals surface area contributed by atoms with Gasteiger partial charge in [-0.3, -0.25) is 0 Å². The number of hydrogen-bond donors (Lipinski definition) is 1. The van der Waals surface area contributed by atoms with Gasteiger partial charge in [-0.1, -0.05) is 12.1 Å². The van der Waals surface area contributed by atoms with Crippen LogP contribution in [0.15, 0.2) is 24.3 Å². The Morgan fingerprint density at radius 2 is 1.92 bits per heavy atom. The van der Waals surface area contributed by atoms with Gasteiger partial charge in [0.05, 0.1) is 6.61 Å². The van der Waals surface area contributed by atoms with E-state index in [9.17, 15) is 0 Å². The molecule has 13 heavy (non-hydrogen) atoms. The van der Waals surface area contributed by atoms with Crippen LogP contribution < -0.4 is 10.5 Å². The summed E-state index contributed by atoms with van der Waals surface area (Å²) in [6.45, 7) is 4.71. The number of nitrogens with two attached hydrogens (primary N) is 1. The molecule has 0 bridgehead atoms. The quantitative estimate of drug-likeness (QED) is 0.767. The van der Waals surface area contributed by atoms with Crippen molar-refractivity contribution < 1.29 is 4.74 Å². The van der Waals surface area contributed by atoms with Gasteiger partial charge in [0.2, 0.25) is 0 Å². The van der Waals surface area contributed by atoms with E-state index in [1.165, 1.54) is 5.56 Å². The second-order valence-electron chi connectivity index (χ2n) is 3.26. The van der Waals surface area contributed by atoms with Crippen molar-refractivity contribution in [2.24, 2.45) is 5.73 Å². The average Bonchev–Trinajstić information content (AvgIpc) is 2.08. The SMILES string of the molecule is CCOc1ccc(C[C@@H](C)N)cc1. The van der Waals surface area contributed by atoms with Crippen molar-refractivity contribution in [2.45, 2.75) is 26.3 Å². The van der Waals surface area contributed by atoms with Gasteiger partial charge in [0, 0.05) is 6.04 Å². The topological polar surface area (TPSA) is 35.2 Å². The fraction of sp³-hybridized carbons (Fsp3) is 0.455. The summed E-state index contributed by atoms with van der Waals surface area (Å²) in [6, 6.07) is 8.32. The zero-order valence-electron chi connectivity index (χ0n) is 8.29. The summed E-state index contributed by atoms with van der Waals surface area (Å²) < 4.78 is 5.33. The molecule has 0 spiro atoms. The minimum Gasteiger partial charge on any atom is -0.494 e. The van der Waals surface area contributed by atoms with Crippen molar-refractivity contribution in [3.8, 4) is 5.75 Å². The maximum Gasteiger partial charge on any atom is 0.119 e. The van der Waals surface area contributed by atoms with Crippen LogP contribution in [0.1, 0.15) is 19.4 Å². The van der Waals surface area contributed by atoms with E-state index in [0.717, 1.165) is 12.2 Å². The highest BCUT2D eigenvalue weighted by Crippen LogP contribution is 2.12. The van der Waals surface area contributed by atoms with Gasteiger partial charge >= 0.3 is 0 Å². The predicted molar refractivity (Wildman–Crippen MR) is 55.0 cm³/mol. The van der Waals surface area contributed by atoms with Crippen LogP contribution in [0.4, 0.5) is 0 Å². The smallest absolute Gasteiger partial charge is 0.119 e. The lowest BCUT2D eigenvalue weighted by atomic mass is 10.1. The third-order valence-corrected chi connectivity index (χ3v) is 1.79. The maximum atomic E-state index is 5.69. The lowest BCUT2D eigenvalue weighted by Crippen LogP contribution is -2.17. The van der Waals surface area contributed by atoms with Crippen molar-refractivity contribution in [3.05, 3.63) is 29.8 Å². The first-order valence-electron chi connectivity index (χ1n) is 4.69. The van der Waals surface area contributed by atoms with Crippen LogP contribution in [0.2, 0.25) is 0 Å². The van der Waals surface area contributed by atoms with Gasteiger partial charge < -0.3 is 10.5 Å². The lowest BCUT2D eigenvalue weighted by molar-refractivity contribution is 0.340. The number of rotatable bonds is 4. The van der Waals surface area contributed by atoms with Crippen LogP contribution in [0.25, 0.3) is 0 Å². The first kappa shape index (κ1) is 10.1. The highest BCUT2D eigenvalue weighted by Gasteiger charge is 1.97. The van der Waals surface area contributed by atoms with Crippen LogP contribution in [0.3, 0.4) is 0 Å². The van der Waals surface area contributed by atoms with Gasteiger partial charge in [0.25, 0.3) is 0 Å². The summed E-state index contributed by atoms with van der Waals surface area (Å²) in [5.74, 6) is 0.927. The van der Waals surface area contributed by atoms with E-state index < -0.39 is 0 Å². The van der Waals surface area contributed by atoms with E-state index in [0.29, 0.717) is 6.61 Å². The molecule has 1 aromatic carbocycles. The van der Waals surface area contributed by atoms with E-state index >= 15 is 0 Å². The molecular formula is C11H17NO. The summed E-state index contributed by atoms with van der Waals surface area (Å²) in [4.78, 5) is 0. The van der Waals surface area contributed by atoms with Crippen molar-refractivity contribution in [1.29, 1.82) is 0 Å². The first-order valence-corrected chi connectivity index (χ1v) is 4.69. The van der Waals surface area contributed by atoms with Crippen molar-refractivity contribution in [2.75, 3.05) is 6.61 Å². The Morgan fingerprint density at radius 3 is 2.38 bits per heavy atom. The van der Waals surface area contributed by atoms with Crippen LogP contribution in [-0.2, 0) is 6.42 Å². The Hall–Kier alpha value is -1.02. The number of hydrogen-bond acceptors (Lipinski definition) is 2. The Morgan fingerprint density at radius 1 is 1.31 bits per heavy atom. The molecule has 2 N–H and O–H groups in total. The molecule has 1 aromatic rings. The largest absolute Gasteiger partial charge is 0.494 e. The van der Waals surface area contributed by atoms with Gasteiger partial charge in [-0.25, -0.2) is 0 Å².